The molecule has 0 unspecified atom stereocenters. The lowest BCUT2D eigenvalue weighted by molar-refractivity contribution is -0.118. The van der Waals surface area contributed by atoms with Gasteiger partial charge in [-0.15, -0.1) is 5.10 Å². The molecule has 1 aliphatic heterocycles. The maximum Gasteiger partial charge on any atom is 0.249 e. The Labute approximate surface area is 126 Å². The van der Waals surface area contributed by atoms with Crippen LogP contribution in [-0.4, -0.2) is 52.7 Å². The van der Waals surface area contributed by atoms with Crippen molar-refractivity contribution in [1.29, 1.82) is 0 Å². The summed E-state index contributed by atoms with van der Waals surface area (Å²) < 4.78 is 13.2. The Morgan fingerprint density at radius 3 is 2.77 bits per heavy atom. The third-order valence-electron chi connectivity index (χ3n) is 3.41. The molecule has 3 rings (SSSR count). The van der Waals surface area contributed by atoms with Crippen LogP contribution in [0.4, 0.5) is 21.8 Å². The topological polar surface area (TPSA) is 74.2 Å². The smallest absolute Gasteiger partial charge is 0.249 e. The molecule has 2 heterocycles. The third-order valence-corrected chi connectivity index (χ3v) is 3.41. The number of amides is 1. The van der Waals surface area contributed by atoms with Gasteiger partial charge >= 0.3 is 0 Å². The molecule has 1 aliphatic rings. The first-order chi connectivity index (χ1) is 10.7. The zero-order valence-electron chi connectivity index (χ0n) is 11.8. The van der Waals surface area contributed by atoms with Crippen molar-refractivity contribution in [3.8, 4) is 0 Å². The predicted octanol–water partition coefficient (Wildman–Crippen LogP) is 1.03. The fourth-order valence-corrected chi connectivity index (χ4v) is 2.25. The van der Waals surface area contributed by atoms with Crippen molar-refractivity contribution in [1.82, 2.24) is 20.1 Å². The minimum Gasteiger partial charge on any atom is -0.352 e. The third kappa shape index (κ3) is 3.27. The zero-order valence-corrected chi connectivity index (χ0v) is 11.8. The normalized spacial score (nSPS) is 14.8. The number of anilines is 3. The van der Waals surface area contributed by atoms with E-state index < -0.39 is 0 Å². The number of hydrogen-bond acceptors (Lipinski definition) is 6. The second-order valence-corrected chi connectivity index (χ2v) is 4.90. The van der Waals surface area contributed by atoms with E-state index in [1.807, 2.05) is 4.90 Å². The Morgan fingerprint density at radius 2 is 2.05 bits per heavy atom. The Kier molecular flexibility index (Phi) is 4.08. The molecule has 1 aromatic carbocycles. The number of nitrogens with zero attached hydrogens (tertiary/aromatic N) is 5. The van der Waals surface area contributed by atoms with Gasteiger partial charge in [0.25, 0.3) is 0 Å². The first kappa shape index (κ1) is 14.2. The summed E-state index contributed by atoms with van der Waals surface area (Å²) in [6, 6.07) is 6.06. The Morgan fingerprint density at radius 1 is 1.23 bits per heavy atom. The Bertz CT molecular complexity index is 659. The van der Waals surface area contributed by atoms with E-state index in [-0.39, 0.29) is 5.82 Å². The van der Waals surface area contributed by atoms with Gasteiger partial charge in [-0.3, -0.25) is 4.79 Å². The summed E-state index contributed by atoms with van der Waals surface area (Å²) in [5, 5.41) is 10.8. The van der Waals surface area contributed by atoms with Gasteiger partial charge < -0.3 is 15.1 Å². The quantitative estimate of drug-likeness (QED) is 0.850. The zero-order chi connectivity index (χ0) is 15.4. The molecule has 0 saturated carbocycles. The Hall–Kier alpha value is -2.77. The number of aromatic nitrogens is 3. The van der Waals surface area contributed by atoms with Gasteiger partial charge in [0.2, 0.25) is 12.4 Å². The van der Waals surface area contributed by atoms with E-state index >= 15 is 0 Å². The molecule has 1 fully saturated rings. The van der Waals surface area contributed by atoms with Gasteiger partial charge in [-0.25, -0.2) is 4.39 Å². The van der Waals surface area contributed by atoms with Crippen molar-refractivity contribution < 1.29 is 9.18 Å². The van der Waals surface area contributed by atoms with E-state index in [1.54, 1.807) is 23.2 Å². The van der Waals surface area contributed by atoms with Crippen molar-refractivity contribution in [2.45, 2.75) is 0 Å². The largest absolute Gasteiger partial charge is 0.352 e. The lowest BCUT2D eigenvalue weighted by Crippen LogP contribution is -2.46. The highest BCUT2D eigenvalue weighted by Crippen LogP contribution is 2.17. The number of nitrogens with one attached hydrogen (secondary N) is 1. The van der Waals surface area contributed by atoms with Gasteiger partial charge in [0.15, 0.2) is 5.82 Å². The molecule has 0 bridgehead atoms. The van der Waals surface area contributed by atoms with Crippen LogP contribution in [0.25, 0.3) is 0 Å². The van der Waals surface area contributed by atoms with E-state index in [2.05, 4.69) is 20.5 Å². The first-order valence-electron chi connectivity index (χ1n) is 6.91. The molecule has 2 aromatic rings. The first-order valence-corrected chi connectivity index (χ1v) is 6.91. The summed E-state index contributed by atoms with van der Waals surface area (Å²) in [5.74, 6) is 0.652. The molecule has 22 heavy (non-hydrogen) atoms. The average Bonchev–Trinajstić information content (AvgIpc) is 2.55. The minimum absolute atomic E-state index is 0.306. The van der Waals surface area contributed by atoms with Crippen LogP contribution in [0.15, 0.2) is 30.5 Å². The van der Waals surface area contributed by atoms with Crippen LogP contribution in [-0.2, 0) is 4.79 Å². The standard InChI is InChI=1S/C14H15FN6O/c15-11-2-1-3-12(8-11)17-14-18-13(9-16-19-14)21-6-4-20(10-22)5-7-21/h1-3,8-10H,4-7H2,(H,17,18,19). The minimum atomic E-state index is -0.334. The van der Waals surface area contributed by atoms with Gasteiger partial charge in [-0.2, -0.15) is 10.1 Å². The summed E-state index contributed by atoms with van der Waals surface area (Å²) in [4.78, 5) is 18.9. The molecular formula is C14H15FN6O. The number of carbonyl (C=O) groups excluding carboxylic acids is 1. The van der Waals surface area contributed by atoms with Crippen molar-refractivity contribution in [2.75, 3.05) is 36.4 Å². The number of halogens is 1. The SMILES string of the molecule is O=CN1CCN(c2cnnc(Nc3cccc(F)c3)n2)CC1. The fourth-order valence-electron chi connectivity index (χ4n) is 2.25. The van der Waals surface area contributed by atoms with E-state index in [0.29, 0.717) is 43.6 Å². The van der Waals surface area contributed by atoms with Gasteiger partial charge in [-0.05, 0) is 18.2 Å². The molecule has 1 aromatic heterocycles. The number of hydrogen-bond donors (Lipinski definition) is 1. The summed E-state index contributed by atoms with van der Waals surface area (Å²) >= 11 is 0. The van der Waals surface area contributed by atoms with E-state index in [4.69, 9.17) is 0 Å². The average molecular weight is 302 g/mol. The van der Waals surface area contributed by atoms with Crippen LogP contribution in [0.1, 0.15) is 0 Å². The van der Waals surface area contributed by atoms with Crippen LogP contribution in [0, 0.1) is 5.82 Å². The molecule has 7 nitrogen and oxygen atoms in total. The molecule has 0 atom stereocenters. The molecule has 0 aliphatic carbocycles. The van der Waals surface area contributed by atoms with Crippen LogP contribution < -0.4 is 10.2 Å². The van der Waals surface area contributed by atoms with Crippen molar-refractivity contribution in [3.63, 3.8) is 0 Å². The second kappa shape index (κ2) is 6.33. The molecule has 8 heteroatoms. The highest BCUT2D eigenvalue weighted by Gasteiger charge is 2.17. The van der Waals surface area contributed by atoms with Gasteiger partial charge in [-0.1, -0.05) is 6.07 Å². The van der Waals surface area contributed by atoms with Crippen LogP contribution in [0.3, 0.4) is 0 Å². The van der Waals surface area contributed by atoms with Crippen LogP contribution in [0.2, 0.25) is 0 Å². The fraction of sp³-hybridized carbons (Fsp3) is 0.286. The van der Waals surface area contributed by atoms with Crippen molar-refractivity contribution in [3.05, 3.63) is 36.3 Å². The maximum absolute atomic E-state index is 13.2. The van der Waals surface area contributed by atoms with Gasteiger partial charge in [0.1, 0.15) is 5.82 Å². The Balaban J connectivity index is 1.71. The molecule has 0 spiro atoms. The molecule has 1 saturated heterocycles. The summed E-state index contributed by atoms with van der Waals surface area (Å²) in [7, 11) is 0. The van der Waals surface area contributed by atoms with Gasteiger partial charge in [0, 0.05) is 31.9 Å². The molecule has 1 N–H and O–H groups in total. The second-order valence-electron chi connectivity index (χ2n) is 4.90. The lowest BCUT2D eigenvalue weighted by atomic mass is 10.3. The summed E-state index contributed by atoms with van der Waals surface area (Å²) in [6.45, 7) is 2.69. The number of carbonyl (C=O) groups is 1. The summed E-state index contributed by atoms with van der Waals surface area (Å²) in [6.07, 6.45) is 2.43. The van der Waals surface area contributed by atoms with Crippen molar-refractivity contribution >= 4 is 23.9 Å². The molecule has 114 valence electrons. The van der Waals surface area contributed by atoms with E-state index in [1.165, 1.54) is 12.1 Å². The predicted molar refractivity (Wildman–Crippen MR) is 79.4 cm³/mol. The van der Waals surface area contributed by atoms with Gasteiger partial charge in [0.05, 0.1) is 6.20 Å². The molecule has 1 amide bonds. The number of benzene rings is 1. The van der Waals surface area contributed by atoms with E-state index in [9.17, 15) is 9.18 Å². The number of piperazine rings is 1. The highest BCUT2D eigenvalue weighted by atomic mass is 19.1. The lowest BCUT2D eigenvalue weighted by Gasteiger charge is -2.33. The van der Waals surface area contributed by atoms with E-state index in [0.717, 1.165) is 6.41 Å². The van der Waals surface area contributed by atoms with Crippen LogP contribution in [0.5, 0.6) is 0 Å². The molecular weight excluding hydrogens is 287 g/mol. The monoisotopic (exact) mass is 302 g/mol. The summed E-state index contributed by atoms with van der Waals surface area (Å²) in [5.41, 5.74) is 0.560. The maximum atomic E-state index is 13.2. The van der Waals surface area contributed by atoms with Crippen molar-refractivity contribution in [2.24, 2.45) is 0 Å². The number of rotatable bonds is 4. The molecule has 0 radical (unpaired) electrons. The highest BCUT2D eigenvalue weighted by molar-refractivity contribution is 5.54. The van der Waals surface area contributed by atoms with Crippen LogP contribution >= 0.6 is 0 Å².